The van der Waals surface area contributed by atoms with Gasteiger partial charge in [-0.15, -0.1) is 0 Å². The summed E-state index contributed by atoms with van der Waals surface area (Å²) in [5, 5.41) is 8.49. The fourth-order valence-electron chi connectivity index (χ4n) is 2.82. The molecule has 3 aromatic rings. The van der Waals surface area contributed by atoms with Gasteiger partial charge in [0, 0.05) is 15.6 Å². The number of hydrogen-bond acceptors (Lipinski definition) is 2. The van der Waals surface area contributed by atoms with Crippen molar-refractivity contribution in [2.45, 2.75) is 13.0 Å². The Hall–Kier alpha value is -2.56. The summed E-state index contributed by atoms with van der Waals surface area (Å²) in [5.41, 5.74) is 1.27. The minimum Gasteiger partial charge on any atom is -0.348 e. The lowest BCUT2D eigenvalue weighted by atomic mass is 10.1. The Morgan fingerprint density at radius 1 is 0.963 bits per heavy atom. The van der Waals surface area contributed by atoms with Crippen molar-refractivity contribution in [2.75, 3.05) is 6.54 Å². The Morgan fingerprint density at radius 3 is 2.44 bits per heavy atom. The zero-order chi connectivity index (χ0) is 19.4. The van der Waals surface area contributed by atoms with Gasteiger partial charge < -0.3 is 10.6 Å². The third-order valence-electron chi connectivity index (χ3n) is 4.23. The molecule has 3 rings (SSSR count). The van der Waals surface area contributed by atoms with Crippen LogP contribution in [0.4, 0.5) is 0 Å². The van der Waals surface area contributed by atoms with Gasteiger partial charge in [-0.3, -0.25) is 9.59 Å². The van der Waals surface area contributed by atoms with Gasteiger partial charge in [0.2, 0.25) is 5.91 Å². The summed E-state index contributed by atoms with van der Waals surface area (Å²) in [6, 6.07) is 18.0. The second-order valence-electron chi connectivity index (χ2n) is 6.20. The van der Waals surface area contributed by atoms with E-state index in [1.807, 2.05) is 37.3 Å². The number of benzene rings is 3. The zero-order valence-electron chi connectivity index (χ0n) is 14.6. The second-order valence-corrected chi connectivity index (χ2v) is 7.04. The molecule has 0 heterocycles. The van der Waals surface area contributed by atoms with Crippen LogP contribution in [0, 0.1) is 0 Å². The highest BCUT2D eigenvalue weighted by atomic mass is 35.5. The van der Waals surface area contributed by atoms with Gasteiger partial charge >= 0.3 is 0 Å². The number of amides is 2. The minimum absolute atomic E-state index is 0.124. The molecule has 27 heavy (non-hydrogen) atoms. The normalized spacial score (nSPS) is 11.8. The van der Waals surface area contributed by atoms with Crippen LogP contribution in [0.2, 0.25) is 10.0 Å². The molecule has 2 N–H and O–H groups in total. The predicted molar refractivity (Wildman–Crippen MR) is 109 cm³/mol. The summed E-state index contributed by atoms with van der Waals surface area (Å²) in [6.07, 6.45) is 0. The fraction of sp³-hybridized carbons (Fsp3) is 0.143. The minimum atomic E-state index is -0.306. The van der Waals surface area contributed by atoms with Crippen LogP contribution in [0.5, 0.6) is 0 Å². The molecule has 0 radical (unpaired) electrons. The van der Waals surface area contributed by atoms with Gasteiger partial charge in [-0.05, 0) is 47.5 Å². The molecular weight excluding hydrogens is 383 g/mol. The van der Waals surface area contributed by atoms with Crippen LogP contribution in [0.3, 0.4) is 0 Å². The van der Waals surface area contributed by atoms with Crippen molar-refractivity contribution in [3.63, 3.8) is 0 Å². The summed E-state index contributed by atoms with van der Waals surface area (Å²) in [6.45, 7) is 1.69. The van der Waals surface area contributed by atoms with E-state index in [2.05, 4.69) is 10.6 Å². The number of halogens is 2. The summed E-state index contributed by atoms with van der Waals surface area (Å²) < 4.78 is 0. The quantitative estimate of drug-likeness (QED) is 0.648. The van der Waals surface area contributed by atoms with E-state index in [1.54, 1.807) is 30.3 Å². The van der Waals surface area contributed by atoms with E-state index in [0.29, 0.717) is 15.6 Å². The first kappa shape index (κ1) is 19.2. The Labute approximate surface area is 167 Å². The van der Waals surface area contributed by atoms with Crippen LogP contribution in [-0.2, 0) is 4.79 Å². The first-order chi connectivity index (χ1) is 12.9. The lowest BCUT2D eigenvalue weighted by Crippen LogP contribution is -2.38. The summed E-state index contributed by atoms with van der Waals surface area (Å²) in [7, 11) is 0. The van der Waals surface area contributed by atoms with Crippen LogP contribution in [-0.4, -0.2) is 18.4 Å². The van der Waals surface area contributed by atoms with Crippen molar-refractivity contribution in [1.82, 2.24) is 10.6 Å². The maximum atomic E-state index is 12.3. The Balaban J connectivity index is 1.58. The predicted octanol–water partition coefficient (Wildman–Crippen LogP) is 4.75. The molecule has 0 aromatic heterocycles. The highest BCUT2D eigenvalue weighted by Gasteiger charge is 2.14. The molecule has 0 fully saturated rings. The first-order valence-corrected chi connectivity index (χ1v) is 9.21. The van der Waals surface area contributed by atoms with E-state index in [1.165, 1.54) is 0 Å². The molecule has 3 aromatic carbocycles. The molecule has 138 valence electrons. The fourth-order valence-corrected chi connectivity index (χ4v) is 3.39. The van der Waals surface area contributed by atoms with Crippen molar-refractivity contribution >= 4 is 45.8 Å². The lowest BCUT2D eigenvalue weighted by Gasteiger charge is -2.16. The van der Waals surface area contributed by atoms with Crippen molar-refractivity contribution in [2.24, 2.45) is 0 Å². The van der Waals surface area contributed by atoms with E-state index >= 15 is 0 Å². The van der Waals surface area contributed by atoms with Crippen molar-refractivity contribution in [1.29, 1.82) is 0 Å². The Kier molecular flexibility index (Phi) is 5.99. The van der Waals surface area contributed by atoms with Crippen LogP contribution in [0.1, 0.15) is 28.9 Å². The van der Waals surface area contributed by atoms with E-state index in [-0.39, 0.29) is 24.4 Å². The van der Waals surface area contributed by atoms with Crippen molar-refractivity contribution in [3.05, 3.63) is 81.8 Å². The van der Waals surface area contributed by atoms with Gasteiger partial charge in [-0.1, -0.05) is 59.6 Å². The van der Waals surface area contributed by atoms with Crippen molar-refractivity contribution in [3.8, 4) is 0 Å². The molecule has 4 nitrogen and oxygen atoms in total. The first-order valence-electron chi connectivity index (χ1n) is 8.45. The molecule has 0 saturated carbocycles. The summed E-state index contributed by atoms with van der Waals surface area (Å²) in [4.78, 5) is 24.5. The van der Waals surface area contributed by atoms with Gasteiger partial charge in [0.25, 0.3) is 5.91 Å². The Bertz CT molecular complexity index is 1000. The molecule has 6 heteroatoms. The second kappa shape index (κ2) is 8.42. The van der Waals surface area contributed by atoms with Gasteiger partial charge in [0.05, 0.1) is 12.6 Å². The zero-order valence-corrected chi connectivity index (χ0v) is 16.1. The van der Waals surface area contributed by atoms with Crippen LogP contribution >= 0.6 is 23.2 Å². The molecule has 1 atom stereocenters. The topological polar surface area (TPSA) is 58.2 Å². The van der Waals surface area contributed by atoms with Crippen LogP contribution < -0.4 is 10.6 Å². The average Bonchev–Trinajstić information content (AvgIpc) is 2.65. The monoisotopic (exact) mass is 400 g/mol. The molecule has 2 amide bonds. The molecule has 0 aliphatic rings. The number of rotatable bonds is 5. The third-order valence-corrected chi connectivity index (χ3v) is 4.79. The SMILES string of the molecule is CC(NC(=O)CNC(=O)c1ccc2ccccc2c1)c1ccc(Cl)cc1Cl. The molecule has 1 unspecified atom stereocenters. The van der Waals surface area contributed by atoms with Gasteiger partial charge in [-0.2, -0.15) is 0 Å². The highest BCUT2D eigenvalue weighted by molar-refractivity contribution is 6.35. The summed E-state index contributed by atoms with van der Waals surface area (Å²) in [5.74, 6) is -0.601. The molecule has 0 bridgehead atoms. The largest absolute Gasteiger partial charge is 0.348 e. The van der Waals surface area contributed by atoms with Gasteiger partial charge in [-0.25, -0.2) is 0 Å². The maximum Gasteiger partial charge on any atom is 0.251 e. The Morgan fingerprint density at radius 2 is 1.70 bits per heavy atom. The number of hydrogen-bond donors (Lipinski definition) is 2. The molecule has 0 spiro atoms. The smallest absolute Gasteiger partial charge is 0.251 e. The number of nitrogens with one attached hydrogen (secondary N) is 2. The average molecular weight is 401 g/mol. The van der Waals surface area contributed by atoms with Crippen molar-refractivity contribution < 1.29 is 9.59 Å². The molecule has 0 aliphatic carbocycles. The van der Waals surface area contributed by atoms with Crippen LogP contribution in [0.25, 0.3) is 10.8 Å². The standard InChI is InChI=1S/C21H18Cl2N2O2/c1-13(18-9-8-17(22)11-19(18)23)25-20(26)12-24-21(27)16-7-6-14-4-2-3-5-15(14)10-16/h2-11,13H,12H2,1H3,(H,24,27)(H,25,26). The van der Waals surface area contributed by atoms with E-state index in [4.69, 9.17) is 23.2 Å². The highest BCUT2D eigenvalue weighted by Crippen LogP contribution is 2.26. The summed E-state index contributed by atoms with van der Waals surface area (Å²) >= 11 is 12.0. The third kappa shape index (κ3) is 4.79. The van der Waals surface area contributed by atoms with Gasteiger partial charge in [0.15, 0.2) is 0 Å². The molecular formula is C21H18Cl2N2O2. The molecule has 0 aliphatic heterocycles. The van der Waals surface area contributed by atoms with E-state index < -0.39 is 0 Å². The van der Waals surface area contributed by atoms with Crippen LogP contribution in [0.15, 0.2) is 60.7 Å². The van der Waals surface area contributed by atoms with E-state index in [9.17, 15) is 9.59 Å². The molecule has 0 saturated heterocycles. The maximum absolute atomic E-state index is 12.3. The number of fused-ring (bicyclic) bond motifs is 1. The number of carbonyl (C=O) groups excluding carboxylic acids is 2. The van der Waals surface area contributed by atoms with Gasteiger partial charge in [0.1, 0.15) is 0 Å². The number of carbonyl (C=O) groups is 2. The van der Waals surface area contributed by atoms with E-state index in [0.717, 1.165) is 16.3 Å². The lowest BCUT2D eigenvalue weighted by molar-refractivity contribution is -0.120.